The highest BCUT2D eigenvalue weighted by Crippen LogP contribution is 2.60. The summed E-state index contributed by atoms with van der Waals surface area (Å²) in [7, 11) is 1.70. The van der Waals surface area contributed by atoms with E-state index >= 15 is 0 Å². The number of amides is 1. The smallest absolute Gasteiger partial charge is 0.410 e. The van der Waals surface area contributed by atoms with Crippen molar-refractivity contribution in [3.8, 4) is 0 Å². The number of rotatable bonds is 5. The first kappa shape index (κ1) is 17.8. The van der Waals surface area contributed by atoms with Crippen LogP contribution in [0.2, 0.25) is 0 Å². The Morgan fingerprint density at radius 3 is 2.61 bits per heavy atom. The third kappa shape index (κ3) is 3.88. The van der Waals surface area contributed by atoms with Crippen molar-refractivity contribution in [1.82, 2.24) is 4.90 Å². The molecule has 1 fully saturated rings. The van der Waals surface area contributed by atoms with E-state index < -0.39 is 11.6 Å². The SMILES string of the molecule is CCC1=C[C@H]2[C@H](C1)C[C@]2(CC(=O)O)CN(C)C(=O)OC(C)(C)C. The second kappa shape index (κ2) is 6.17. The maximum Gasteiger partial charge on any atom is 0.410 e. The van der Waals surface area contributed by atoms with Crippen LogP contribution in [0.5, 0.6) is 0 Å². The molecule has 1 amide bonds. The minimum Gasteiger partial charge on any atom is -0.481 e. The van der Waals surface area contributed by atoms with E-state index in [-0.39, 0.29) is 23.8 Å². The van der Waals surface area contributed by atoms with E-state index in [0.29, 0.717) is 12.5 Å². The number of carboxylic acid groups (broad SMARTS) is 1. The average Bonchev–Trinajstić information content (AvgIpc) is 2.73. The van der Waals surface area contributed by atoms with Crippen LogP contribution < -0.4 is 0 Å². The van der Waals surface area contributed by atoms with Crippen molar-refractivity contribution in [1.29, 1.82) is 0 Å². The van der Waals surface area contributed by atoms with E-state index in [9.17, 15) is 14.7 Å². The van der Waals surface area contributed by atoms with Crippen molar-refractivity contribution < 1.29 is 19.4 Å². The van der Waals surface area contributed by atoms with Crippen LogP contribution in [0, 0.1) is 17.3 Å². The molecule has 0 unspecified atom stereocenters. The summed E-state index contributed by atoms with van der Waals surface area (Å²) in [6, 6.07) is 0. The van der Waals surface area contributed by atoms with Gasteiger partial charge in [0, 0.05) is 19.0 Å². The topological polar surface area (TPSA) is 66.8 Å². The van der Waals surface area contributed by atoms with Crippen LogP contribution in [0.25, 0.3) is 0 Å². The maximum absolute atomic E-state index is 12.2. The molecule has 0 spiro atoms. The van der Waals surface area contributed by atoms with Gasteiger partial charge in [0.15, 0.2) is 0 Å². The summed E-state index contributed by atoms with van der Waals surface area (Å²) in [4.78, 5) is 25.1. The maximum atomic E-state index is 12.2. The number of aliphatic carboxylic acids is 1. The van der Waals surface area contributed by atoms with Gasteiger partial charge >= 0.3 is 12.1 Å². The van der Waals surface area contributed by atoms with Gasteiger partial charge in [-0.25, -0.2) is 4.79 Å². The van der Waals surface area contributed by atoms with Gasteiger partial charge in [0.05, 0.1) is 6.42 Å². The molecule has 0 bridgehead atoms. The fraction of sp³-hybridized carbons (Fsp3) is 0.778. The van der Waals surface area contributed by atoms with Gasteiger partial charge in [-0.3, -0.25) is 4.79 Å². The number of nitrogens with zero attached hydrogens (tertiary/aromatic N) is 1. The van der Waals surface area contributed by atoms with Gasteiger partial charge in [0.25, 0.3) is 0 Å². The highest BCUT2D eigenvalue weighted by atomic mass is 16.6. The number of ether oxygens (including phenoxy) is 1. The molecule has 3 atom stereocenters. The molecule has 5 nitrogen and oxygen atoms in total. The van der Waals surface area contributed by atoms with E-state index in [4.69, 9.17) is 4.74 Å². The molecule has 0 aliphatic heterocycles. The van der Waals surface area contributed by atoms with Crippen LogP contribution in [-0.2, 0) is 9.53 Å². The zero-order chi connectivity index (χ0) is 17.4. The summed E-state index contributed by atoms with van der Waals surface area (Å²) in [5.41, 5.74) is 0.530. The molecule has 0 radical (unpaired) electrons. The van der Waals surface area contributed by atoms with Gasteiger partial charge in [0.2, 0.25) is 0 Å². The number of allylic oxidation sites excluding steroid dienone is 2. The third-order valence-electron chi connectivity index (χ3n) is 5.04. The number of fused-ring (bicyclic) bond motifs is 1. The zero-order valence-electron chi connectivity index (χ0n) is 14.9. The quantitative estimate of drug-likeness (QED) is 0.784. The lowest BCUT2D eigenvalue weighted by atomic mass is 9.53. The molecule has 5 heteroatoms. The predicted molar refractivity (Wildman–Crippen MR) is 88.1 cm³/mol. The highest BCUT2D eigenvalue weighted by molar-refractivity contribution is 5.70. The molecule has 1 N–H and O–H groups in total. The Bertz CT molecular complexity index is 520. The summed E-state index contributed by atoms with van der Waals surface area (Å²) < 4.78 is 5.40. The lowest BCUT2D eigenvalue weighted by Gasteiger charge is -2.53. The van der Waals surface area contributed by atoms with Crippen molar-refractivity contribution in [2.75, 3.05) is 13.6 Å². The molecule has 0 aromatic carbocycles. The van der Waals surface area contributed by atoms with Crippen molar-refractivity contribution in [3.05, 3.63) is 11.6 Å². The standard InChI is InChI=1S/C18H29NO4/c1-6-12-7-13-9-18(10-15(20)21,14(13)8-12)11-19(5)16(22)23-17(2,3)4/h8,13-14H,6-7,9-11H2,1-5H3,(H,20,21)/t13-,14+,18+/m1/s1. The average molecular weight is 323 g/mol. The van der Waals surface area contributed by atoms with Crippen molar-refractivity contribution in [2.24, 2.45) is 17.3 Å². The van der Waals surface area contributed by atoms with Crippen LogP contribution in [0.3, 0.4) is 0 Å². The van der Waals surface area contributed by atoms with Crippen LogP contribution in [0.4, 0.5) is 4.79 Å². The Balaban J connectivity index is 2.10. The summed E-state index contributed by atoms with van der Waals surface area (Å²) in [5.74, 6) is 0.0363. The van der Waals surface area contributed by atoms with Crippen molar-refractivity contribution >= 4 is 12.1 Å². The monoisotopic (exact) mass is 323 g/mol. The summed E-state index contributed by atoms with van der Waals surface area (Å²) in [5, 5.41) is 9.34. The number of carbonyl (C=O) groups is 2. The molecular weight excluding hydrogens is 294 g/mol. The molecule has 1 saturated carbocycles. The minimum atomic E-state index is -0.792. The van der Waals surface area contributed by atoms with Gasteiger partial charge in [-0.15, -0.1) is 0 Å². The molecular formula is C18H29NO4. The predicted octanol–water partition coefficient (Wildman–Crippen LogP) is 3.69. The Labute approximate surface area is 138 Å². The summed E-state index contributed by atoms with van der Waals surface area (Å²) in [6.45, 7) is 8.07. The Morgan fingerprint density at radius 1 is 1.43 bits per heavy atom. The lowest BCUT2D eigenvalue weighted by molar-refractivity contribution is -0.145. The van der Waals surface area contributed by atoms with Crippen molar-refractivity contribution in [3.63, 3.8) is 0 Å². The fourth-order valence-electron chi connectivity index (χ4n) is 4.15. The first-order chi connectivity index (χ1) is 10.6. The first-order valence-corrected chi connectivity index (χ1v) is 8.42. The van der Waals surface area contributed by atoms with Crippen LogP contribution in [0.15, 0.2) is 11.6 Å². The Hall–Kier alpha value is -1.52. The van der Waals surface area contributed by atoms with E-state index in [1.807, 2.05) is 20.8 Å². The van der Waals surface area contributed by atoms with E-state index in [1.165, 1.54) is 5.57 Å². The third-order valence-corrected chi connectivity index (χ3v) is 5.04. The summed E-state index contributed by atoms with van der Waals surface area (Å²) >= 11 is 0. The first-order valence-electron chi connectivity index (χ1n) is 8.42. The second-order valence-corrected chi connectivity index (χ2v) is 8.14. The molecule has 0 aromatic heterocycles. The largest absolute Gasteiger partial charge is 0.481 e. The van der Waals surface area contributed by atoms with Gasteiger partial charge in [-0.1, -0.05) is 18.6 Å². The molecule has 130 valence electrons. The minimum absolute atomic E-state index is 0.106. The van der Waals surface area contributed by atoms with Gasteiger partial charge in [-0.05, 0) is 51.9 Å². The molecule has 23 heavy (non-hydrogen) atoms. The fourth-order valence-corrected chi connectivity index (χ4v) is 4.15. The molecule has 0 saturated heterocycles. The molecule has 2 rings (SSSR count). The van der Waals surface area contributed by atoms with Crippen LogP contribution in [0.1, 0.15) is 53.4 Å². The Kier molecular flexibility index (Phi) is 4.79. The lowest BCUT2D eigenvalue weighted by Crippen LogP contribution is -2.54. The van der Waals surface area contributed by atoms with Gasteiger partial charge in [0.1, 0.15) is 5.60 Å². The molecule has 2 aliphatic rings. The van der Waals surface area contributed by atoms with Gasteiger partial charge in [-0.2, -0.15) is 0 Å². The molecule has 2 aliphatic carbocycles. The highest BCUT2D eigenvalue weighted by Gasteiger charge is 2.56. The Morgan fingerprint density at radius 2 is 2.09 bits per heavy atom. The number of hydrogen-bond acceptors (Lipinski definition) is 3. The van der Waals surface area contributed by atoms with Crippen LogP contribution in [-0.4, -0.2) is 41.3 Å². The number of hydrogen-bond donors (Lipinski definition) is 1. The molecule has 0 aromatic rings. The van der Waals surface area contributed by atoms with E-state index in [1.54, 1.807) is 11.9 Å². The van der Waals surface area contributed by atoms with Gasteiger partial charge < -0.3 is 14.7 Å². The summed E-state index contributed by atoms with van der Waals surface area (Å²) in [6.07, 6.45) is 4.96. The van der Waals surface area contributed by atoms with Crippen molar-refractivity contribution in [2.45, 2.75) is 59.0 Å². The van der Waals surface area contributed by atoms with E-state index in [2.05, 4.69) is 13.0 Å². The number of carboxylic acids is 1. The zero-order valence-corrected chi connectivity index (χ0v) is 14.9. The second-order valence-electron chi connectivity index (χ2n) is 8.14. The number of carbonyl (C=O) groups excluding carboxylic acids is 1. The van der Waals surface area contributed by atoms with Crippen LogP contribution >= 0.6 is 0 Å². The molecule has 0 heterocycles. The normalized spacial score (nSPS) is 29.3. The van der Waals surface area contributed by atoms with E-state index in [0.717, 1.165) is 19.3 Å².